The highest BCUT2D eigenvalue weighted by atomic mass is 127. The monoisotopic (exact) mass is 455 g/mol. The maximum atomic E-state index is 5.32. The van der Waals surface area contributed by atoms with Gasteiger partial charge in [0, 0.05) is 26.1 Å². The Hall–Kier alpha value is -1.96. The summed E-state index contributed by atoms with van der Waals surface area (Å²) in [5, 5.41) is 6.57. The Morgan fingerprint density at radius 2 is 2.00 bits per heavy atom. The van der Waals surface area contributed by atoms with E-state index in [1.807, 2.05) is 30.3 Å². The van der Waals surface area contributed by atoms with Gasteiger partial charge in [-0.2, -0.15) is 0 Å². The Labute approximate surface area is 166 Å². The molecule has 1 heterocycles. The molecule has 6 heteroatoms. The number of furan rings is 1. The van der Waals surface area contributed by atoms with E-state index in [1.54, 1.807) is 13.4 Å². The van der Waals surface area contributed by atoms with Crippen LogP contribution < -0.4 is 15.4 Å². The number of halogens is 1. The minimum Gasteiger partial charge on any atom is -0.497 e. The van der Waals surface area contributed by atoms with E-state index in [2.05, 4.69) is 34.3 Å². The molecule has 0 saturated heterocycles. The summed E-state index contributed by atoms with van der Waals surface area (Å²) in [7, 11) is 1.67. The summed E-state index contributed by atoms with van der Waals surface area (Å²) in [6.07, 6.45) is 5.19. The SMILES string of the molecule is C=CCNC(=NCCc1ccco1)NCCc1ccc(OC)cc1.I. The molecule has 0 bridgehead atoms. The highest BCUT2D eigenvalue weighted by Crippen LogP contribution is 2.11. The summed E-state index contributed by atoms with van der Waals surface area (Å²) in [6, 6.07) is 12.0. The molecule has 1 aromatic carbocycles. The van der Waals surface area contributed by atoms with Gasteiger partial charge >= 0.3 is 0 Å². The van der Waals surface area contributed by atoms with E-state index < -0.39 is 0 Å². The fraction of sp³-hybridized carbons (Fsp3) is 0.316. The molecule has 0 fully saturated rings. The molecule has 2 N–H and O–H groups in total. The van der Waals surface area contributed by atoms with Crippen LogP contribution in [0.2, 0.25) is 0 Å². The maximum absolute atomic E-state index is 5.32. The summed E-state index contributed by atoms with van der Waals surface area (Å²) < 4.78 is 10.5. The number of nitrogens with zero attached hydrogens (tertiary/aromatic N) is 1. The van der Waals surface area contributed by atoms with Gasteiger partial charge in [0.25, 0.3) is 0 Å². The van der Waals surface area contributed by atoms with E-state index in [1.165, 1.54) is 5.56 Å². The van der Waals surface area contributed by atoms with Crippen LogP contribution in [0.3, 0.4) is 0 Å². The third kappa shape index (κ3) is 8.11. The average molecular weight is 455 g/mol. The molecule has 5 nitrogen and oxygen atoms in total. The molecule has 0 spiro atoms. The first-order valence-electron chi connectivity index (χ1n) is 8.10. The molecule has 2 aromatic rings. The van der Waals surface area contributed by atoms with Crippen molar-refractivity contribution in [3.8, 4) is 5.75 Å². The lowest BCUT2D eigenvalue weighted by atomic mass is 10.1. The lowest BCUT2D eigenvalue weighted by Crippen LogP contribution is -2.38. The first kappa shape index (κ1) is 21.1. The normalized spacial score (nSPS) is 10.7. The summed E-state index contributed by atoms with van der Waals surface area (Å²) in [5.74, 6) is 2.61. The minimum absolute atomic E-state index is 0. The van der Waals surface area contributed by atoms with Gasteiger partial charge in [0.05, 0.1) is 13.4 Å². The number of methoxy groups -OCH3 is 1. The molecule has 2 rings (SSSR count). The van der Waals surface area contributed by atoms with Gasteiger partial charge in [-0.05, 0) is 36.2 Å². The van der Waals surface area contributed by atoms with Crippen molar-refractivity contribution in [2.75, 3.05) is 26.7 Å². The molecule has 1 aromatic heterocycles. The van der Waals surface area contributed by atoms with Crippen LogP contribution in [0.1, 0.15) is 11.3 Å². The molecule has 0 atom stereocenters. The van der Waals surface area contributed by atoms with Crippen LogP contribution in [0.25, 0.3) is 0 Å². The largest absolute Gasteiger partial charge is 0.497 e. The van der Waals surface area contributed by atoms with Crippen molar-refractivity contribution in [1.29, 1.82) is 0 Å². The van der Waals surface area contributed by atoms with Gasteiger partial charge in [0.2, 0.25) is 0 Å². The molecule has 0 radical (unpaired) electrons. The predicted octanol–water partition coefficient (Wildman–Crippen LogP) is 3.41. The zero-order valence-corrected chi connectivity index (χ0v) is 16.9. The van der Waals surface area contributed by atoms with Gasteiger partial charge in [0.15, 0.2) is 5.96 Å². The Balaban J connectivity index is 0.00000312. The molecular formula is C19H26IN3O2. The lowest BCUT2D eigenvalue weighted by molar-refractivity contribution is 0.414. The van der Waals surface area contributed by atoms with E-state index in [-0.39, 0.29) is 24.0 Å². The topological polar surface area (TPSA) is 58.8 Å². The van der Waals surface area contributed by atoms with Crippen LogP contribution in [0, 0.1) is 0 Å². The van der Waals surface area contributed by atoms with Crippen LogP contribution in [0.5, 0.6) is 5.75 Å². The molecule has 0 amide bonds. The van der Waals surface area contributed by atoms with Gasteiger partial charge < -0.3 is 19.8 Å². The van der Waals surface area contributed by atoms with Crippen molar-refractivity contribution in [2.45, 2.75) is 12.8 Å². The van der Waals surface area contributed by atoms with E-state index >= 15 is 0 Å². The van der Waals surface area contributed by atoms with E-state index in [4.69, 9.17) is 9.15 Å². The molecular weight excluding hydrogens is 429 g/mol. The fourth-order valence-electron chi connectivity index (χ4n) is 2.19. The van der Waals surface area contributed by atoms with Gasteiger partial charge in [-0.1, -0.05) is 18.2 Å². The van der Waals surface area contributed by atoms with Gasteiger partial charge in [-0.25, -0.2) is 0 Å². The Kier molecular flexibility index (Phi) is 10.5. The molecule has 0 aliphatic carbocycles. The number of ether oxygens (including phenoxy) is 1. The number of aliphatic imine (C=N–C) groups is 1. The van der Waals surface area contributed by atoms with E-state index in [0.717, 1.165) is 36.9 Å². The number of hydrogen-bond acceptors (Lipinski definition) is 3. The highest BCUT2D eigenvalue weighted by molar-refractivity contribution is 14.0. The Bertz CT molecular complexity index is 625. The summed E-state index contributed by atoms with van der Waals surface area (Å²) >= 11 is 0. The predicted molar refractivity (Wildman–Crippen MR) is 113 cm³/mol. The number of guanidine groups is 1. The van der Waals surface area contributed by atoms with Crippen molar-refractivity contribution in [2.24, 2.45) is 4.99 Å². The zero-order valence-electron chi connectivity index (χ0n) is 14.5. The molecule has 25 heavy (non-hydrogen) atoms. The first-order valence-corrected chi connectivity index (χ1v) is 8.10. The van der Waals surface area contributed by atoms with Crippen molar-refractivity contribution in [3.63, 3.8) is 0 Å². The number of benzene rings is 1. The van der Waals surface area contributed by atoms with Gasteiger partial charge in [0.1, 0.15) is 11.5 Å². The molecule has 0 unspecified atom stereocenters. The number of rotatable bonds is 9. The summed E-state index contributed by atoms with van der Waals surface area (Å²) in [5.41, 5.74) is 1.25. The fourth-order valence-corrected chi connectivity index (χ4v) is 2.19. The van der Waals surface area contributed by atoms with Crippen molar-refractivity contribution < 1.29 is 9.15 Å². The molecule has 0 aliphatic rings. The number of hydrogen-bond donors (Lipinski definition) is 2. The van der Waals surface area contributed by atoms with E-state index in [0.29, 0.717) is 13.1 Å². The first-order chi connectivity index (χ1) is 11.8. The highest BCUT2D eigenvalue weighted by Gasteiger charge is 2.00. The zero-order chi connectivity index (χ0) is 17.0. The van der Waals surface area contributed by atoms with Crippen LogP contribution in [0.4, 0.5) is 0 Å². The molecule has 136 valence electrons. The second kappa shape index (κ2) is 12.4. The minimum atomic E-state index is 0. The molecule has 0 saturated carbocycles. The summed E-state index contributed by atoms with van der Waals surface area (Å²) in [4.78, 5) is 4.56. The summed E-state index contributed by atoms with van der Waals surface area (Å²) in [6.45, 7) is 5.87. The third-order valence-electron chi connectivity index (χ3n) is 3.49. The van der Waals surface area contributed by atoms with Crippen LogP contribution in [-0.2, 0) is 12.8 Å². The second-order valence-corrected chi connectivity index (χ2v) is 5.25. The quantitative estimate of drug-likeness (QED) is 0.263. The van der Waals surface area contributed by atoms with Crippen molar-refractivity contribution >= 4 is 29.9 Å². The second-order valence-electron chi connectivity index (χ2n) is 5.25. The smallest absolute Gasteiger partial charge is 0.191 e. The third-order valence-corrected chi connectivity index (χ3v) is 3.49. The van der Waals surface area contributed by atoms with Crippen LogP contribution >= 0.6 is 24.0 Å². The van der Waals surface area contributed by atoms with Crippen LogP contribution in [-0.4, -0.2) is 32.7 Å². The standard InChI is InChI=1S/C19H25N3O2.HI/c1-3-12-20-19(22-14-11-18-5-4-15-24-18)21-13-10-16-6-8-17(23-2)9-7-16;/h3-9,15H,1,10-14H2,2H3,(H2,20,21,22);1H. The van der Waals surface area contributed by atoms with Gasteiger partial charge in [-0.15, -0.1) is 30.6 Å². The maximum Gasteiger partial charge on any atom is 0.191 e. The van der Waals surface area contributed by atoms with Crippen LogP contribution in [0.15, 0.2) is 64.7 Å². The van der Waals surface area contributed by atoms with E-state index in [9.17, 15) is 0 Å². The lowest BCUT2D eigenvalue weighted by Gasteiger charge is -2.11. The van der Waals surface area contributed by atoms with Crippen molar-refractivity contribution in [3.05, 3.63) is 66.6 Å². The Morgan fingerprint density at radius 3 is 2.64 bits per heavy atom. The number of nitrogens with one attached hydrogen (secondary N) is 2. The Morgan fingerprint density at radius 1 is 1.20 bits per heavy atom. The molecule has 0 aliphatic heterocycles. The average Bonchev–Trinajstić information content (AvgIpc) is 3.13. The van der Waals surface area contributed by atoms with Crippen molar-refractivity contribution in [1.82, 2.24) is 10.6 Å². The van der Waals surface area contributed by atoms with Gasteiger partial charge in [-0.3, -0.25) is 4.99 Å².